The lowest BCUT2D eigenvalue weighted by Gasteiger charge is -2.35. The Kier molecular flexibility index (Phi) is 7.91. The average Bonchev–Trinajstić information content (AvgIpc) is 2.72. The Morgan fingerprint density at radius 2 is 1.97 bits per heavy atom. The lowest BCUT2D eigenvalue weighted by atomic mass is 10.0. The van der Waals surface area contributed by atoms with Crippen molar-refractivity contribution in [1.29, 1.82) is 0 Å². The molecule has 3 rings (SSSR count). The summed E-state index contributed by atoms with van der Waals surface area (Å²) in [6, 6.07) is 6.77. The minimum Gasteiger partial charge on any atom is -0.406 e. The number of hydrogen-bond donors (Lipinski definition) is 2. The lowest BCUT2D eigenvalue weighted by molar-refractivity contribution is -0.274. The highest BCUT2D eigenvalue weighted by atomic mass is 35.5. The molecule has 0 aliphatic carbocycles. The number of pyridine rings is 1. The number of benzene rings is 1. The van der Waals surface area contributed by atoms with Crippen molar-refractivity contribution in [2.45, 2.75) is 46.0 Å². The summed E-state index contributed by atoms with van der Waals surface area (Å²) >= 11 is 6.22. The fraction of sp³-hybridized carbons (Fsp3) is 0.435. The number of halogens is 4. The zero-order chi connectivity index (χ0) is 25.0. The van der Waals surface area contributed by atoms with Gasteiger partial charge in [-0.1, -0.05) is 25.4 Å². The van der Waals surface area contributed by atoms with E-state index >= 15 is 0 Å². The number of amides is 2. The number of nitrogens with zero attached hydrogens (tertiary/aromatic N) is 2. The third kappa shape index (κ3) is 6.99. The van der Waals surface area contributed by atoms with E-state index in [9.17, 15) is 22.8 Å². The molecule has 2 heterocycles. The zero-order valence-electron chi connectivity index (χ0n) is 19.0. The van der Waals surface area contributed by atoms with E-state index in [0.29, 0.717) is 35.9 Å². The maximum absolute atomic E-state index is 12.9. The highest BCUT2D eigenvalue weighted by Gasteiger charge is 2.31. The van der Waals surface area contributed by atoms with Crippen LogP contribution in [0.2, 0.25) is 5.02 Å². The third-order valence-electron chi connectivity index (χ3n) is 5.24. The van der Waals surface area contributed by atoms with Crippen molar-refractivity contribution in [1.82, 2.24) is 10.3 Å². The van der Waals surface area contributed by atoms with Gasteiger partial charge in [0, 0.05) is 42.4 Å². The second-order valence-electron chi connectivity index (χ2n) is 8.45. The van der Waals surface area contributed by atoms with Gasteiger partial charge in [-0.3, -0.25) is 9.59 Å². The molecule has 1 unspecified atom stereocenters. The van der Waals surface area contributed by atoms with Crippen LogP contribution in [0.15, 0.2) is 30.3 Å². The van der Waals surface area contributed by atoms with Crippen molar-refractivity contribution in [2.75, 3.05) is 23.3 Å². The molecule has 1 aromatic heterocycles. The monoisotopic (exact) mass is 498 g/mol. The smallest absolute Gasteiger partial charge is 0.406 e. The average molecular weight is 499 g/mol. The van der Waals surface area contributed by atoms with Gasteiger partial charge in [-0.2, -0.15) is 0 Å². The summed E-state index contributed by atoms with van der Waals surface area (Å²) in [5.74, 6) is -0.819. The molecule has 7 nitrogen and oxygen atoms in total. The number of nitrogens with one attached hydrogen (secondary N) is 2. The van der Waals surface area contributed by atoms with Crippen LogP contribution in [0.4, 0.5) is 24.7 Å². The number of piperidine rings is 1. The quantitative estimate of drug-likeness (QED) is 0.589. The van der Waals surface area contributed by atoms with Gasteiger partial charge in [0.2, 0.25) is 5.91 Å². The van der Waals surface area contributed by atoms with Crippen LogP contribution >= 0.6 is 11.6 Å². The number of aryl methyl sites for hydroxylation is 1. The molecule has 1 saturated heterocycles. The Bertz CT molecular complexity index is 1060. The number of hydrogen-bond acceptors (Lipinski definition) is 5. The molecule has 1 aromatic carbocycles. The maximum Gasteiger partial charge on any atom is 0.573 e. The van der Waals surface area contributed by atoms with Crippen LogP contribution in [-0.4, -0.2) is 42.3 Å². The fourth-order valence-electron chi connectivity index (χ4n) is 3.66. The van der Waals surface area contributed by atoms with Crippen LogP contribution in [-0.2, 0) is 4.79 Å². The van der Waals surface area contributed by atoms with Gasteiger partial charge < -0.3 is 20.3 Å². The van der Waals surface area contributed by atoms with Gasteiger partial charge in [-0.15, -0.1) is 13.2 Å². The second kappa shape index (κ2) is 10.5. The molecule has 184 valence electrons. The van der Waals surface area contributed by atoms with Crippen LogP contribution in [0.3, 0.4) is 0 Å². The van der Waals surface area contributed by atoms with Gasteiger partial charge in [-0.05, 0) is 44.0 Å². The predicted octanol–water partition coefficient (Wildman–Crippen LogP) is 4.94. The number of aromatic nitrogens is 1. The fourth-order valence-corrected chi connectivity index (χ4v) is 3.95. The van der Waals surface area contributed by atoms with E-state index in [-0.39, 0.29) is 28.8 Å². The Morgan fingerprint density at radius 1 is 1.24 bits per heavy atom. The molecule has 0 spiro atoms. The normalized spacial score (nSPS) is 16.4. The molecule has 2 aromatic rings. The summed E-state index contributed by atoms with van der Waals surface area (Å²) in [6.45, 7) is 6.34. The Morgan fingerprint density at radius 3 is 2.62 bits per heavy atom. The SMILES string of the molecule is Cc1cc(C(=O)NC2CCCN(c3ccc(OC(F)(F)F)cc3Cl)C2)cc(NC(=O)C(C)C)n1. The van der Waals surface area contributed by atoms with Gasteiger partial charge in [0.15, 0.2) is 0 Å². The van der Waals surface area contributed by atoms with Crippen molar-refractivity contribution in [2.24, 2.45) is 5.92 Å². The van der Waals surface area contributed by atoms with Crippen LogP contribution in [0.5, 0.6) is 5.75 Å². The van der Waals surface area contributed by atoms with E-state index in [4.69, 9.17) is 11.6 Å². The topological polar surface area (TPSA) is 83.6 Å². The Labute approximate surface area is 200 Å². The highest BCUT2D eigenvalue weighted by Crippen LogP contribution is 2.33. The van der Waals surface area contributed by atoms with Crippen LogP contribution in [0, 0.1) is 12.8 Å². The van der Waals surface area contributed by atoms with E-state index in [1.54, 1.807) is 26.8 Å². The van der Waals surface area contributed by atoms with Crippen LogP contribution in [0.1, 0.15) is 42.7 Å². The number of anilines is 2. The van der Waals surface area contributed by atoms with E-state index < -0.39 is 12.1 Å². The number of ether oxygens (including phenoxy) is 1. The summed E-state index contributed by atoms with van der Waals surface area (Å²) < 4.78 is 41.3. The molecule has 0 saturated carbocycles. The molecule has 1 aliphatic rings. The molecule has 1 aliphatic heterocycles. The zero-order valence-corrected chi connectivity index (χ0v) is 19.8. The van der Waals surface area contributed by atoms with Gasteiger partial charge in [-0.25, -0.2) is 4.98 Å². The van der Waals surface area contributed by atoms with Gasteiger partial charge >= 0.3 is 6.36 Å². The number of rotatable bonds is 6. The van der Waals surface area contributed by atoms with Crippen LogP contribution < -0.4 is 20.3 Å². The maximum atomic E-state index is 12.9. The number of carbonyl (C=O) groups excluding carboxylic acids is 2. The molecule has 0 bridgehead atoms. The molecule has 11 heteroatoms. The number of alkyl halides is 3. The van der Waals surface area contributed by atoms with Crippen molar-refractivity contribution in [3.63, 3.8) is 0 Å². The summed E-state index contributed by atoms with van der Waals surface area (Å²) in [5.41, 5.74) is 1.52. The van der Waals surface area contributed by atoms with E-state index in [2.05, 4.69) is 20.4 Å². The van der Waals surface area contributed by atoms with E-state index in [1.807, 2.05) is 4.90 Å². The minimum atomic E-state index is -4.80. The first-order valence-corrected chi connectivity index (χ1v) is 11.2. The molecule has 1 fully saturated rings. The molecule has 34 heavy (non-hydrogen) atoms. The van der Waals surface area contributed by atoms with Crippen LogP contribution in [0.25, 0.3) is 0 Å². The lowest BCUT2D eigenvalue weighted by Crippen LogP contribution is -2.48. The predicted molar refractivity (Wildman–Crippen MR) is 123 cm³/mol. The summed E-state index contributed by atoms with van der Waals surface area (Å²) in [4.78, 5) is 31.1. The summed E-state index contributed by atoms with van der Waals surface area (Å²) in [6.07, 6.45) is -3.31. The first-order valence-electron chi connectivity index (χ1n) is 10.8. The van der Waals surface area contributed by atoms with Crippen molar-refractivity contribution >= 4 is 34.9 Å². The van der Waals surface area contributed by atoms with Crippen molar-refractivity contribution in [3.05, 3.63) is 46.6 Å². The number of carbonyl (C=O) groups is 2. The summed E-state index contributed by atoms with van der Waals surface area (Å²) in [5, 5.41) is 5.82. The summed E-state index contributed by atoms with van der Waals surface area (Å²) in [7, 11) is 0. The molecule has 0 radical (unpaired) electrons. The largest absolute Gasteiger partial charge is 0.573 e. The molecular weight excluding hydrogens is 473 g/mol. The van der Waals surface area contributed by atoms with E-state index in [0.717, 1.165) is 18.9 Å². The van der Waals surface area contributed by atoms with Gasteiger partial charge in [0.05, 0.1) is 10.7 Å². The molecule has 2 N–H and O–H groups in total. The van der Waals surface area contributed by atoms with E-state index in [1.165, 1.54) is 18.2 Å². The molecular formula is C23H26ClF3N4O3. The molecule has 1 atom stereocenters. The van der Waals surface area contributed by atoms with Gasteiger partial charge in [0.25, 0.3) is 5.91 Å². The highest BCUT2D eigenvalue weighted by molar-refractivity contribution is 6.33. The van der Waals surface area contributed by atoms with Crippen molar-refractivity contribution in [3.8, 4) is 5.75 Å². The first-order chi connectivity index (χ1) is 15.9. The second-order valence-corrected chi connectivity index (χ2v) is 8.85. The third-order valence-corrected chi connectivity index (χ3v) is 5.54. The Hall–Kier alpha value is -3.01. The van der Waals surface area contributed by atoms with Gasteiger partial charge in [0.1, 0.15) is 11.6 Å². The molecule has 2 amide bonds. The standard InChI is InChI=1S/C23H26ClF3N4O3/c1-13(2)21(32)30-20-10-15(9-14(3)28-20)22(33)29-16-5-4-8-31(12-16)19-7-6-17(11-18(19)24)34-23(25,26)27/h6-7,9-11,13,16H,4-5,8,12H2,1-3H3,(H,29,33)(H,28,30,32). The Balaban J connectivity index is 1.68. The van der Waals surface area contributed by atoms with Crippen molar-refractivity contribution < 1.29 is 27.5 Å². The first kappa shape index (κ1) is 25.6. The minimum absolute atomic E-state index is 0.129.